The number of rotatable bonds is 6. The van der Waals surface area contributed by atoms with E-state index < -0.39 is 6.10 Å². The summed E-state index contributed by atoms with van der Waals surface area (Å²) in [4.78, 5) is 16.3. The molecule has 4 rings (SSSR count). The molecular weight excluding hydrogens is 388 g/mol. The van der Waals surface area contributed by atoms with Crippen LogP contribution in [0, 0.1) is 18.3 Å². The fraction of sp³-hybridized carbons (Fsp3) is 0.222. The van der Waals surface area contributed by atoms with Crippen molar-refractivity contribution in [2.45, 2.75) is 46.5 Å². The van der Waals surface area contributed by atoms with Crippen molar-refractivity contribution in [3.63, 3.8) is 0 Å². The lowest BCUT2D eigenvalue weighted by atomic mass is 10.0. The summed E-state index contributed by atoms with van der Waals surface area (Å²) in [6.45, 7) is 0. The topological polar surface area (TPSA) is 26.3 Å². The zero-order chi connectivity index (χ0) is 20.8. The van der Waals surface area contributed by atoms with Crippen molar-refractivity contribution in [1.82, 2.24) is 0 Å². The number of hydrogen-bond donors (Lipinski definition) is 0. The molecular formula is C27H25O2S+. The van der Waals surface area contributed by atoms with Crippen molar-refractivity contribution in [3.8, 4) is 12.3 Å². The van der Waals surface area contributed by atoms with Gasteiger partial charge in [-0.25, -0.2) is 4.79 Å². The van der Waals surface area contributed by atoms with Gasteiger partial charge in [-0.1, -0.05) is 55.2 Å². The summed E-state index contributed by atoms with van der Waals surface area (Å²) in [6.07, 6.45) is 9.62. The van der Waals surface area contributed by atoms with Crippen LogP contribution in [0.4, 0.5) is 0 Å². The van der Waals surface area contributed by atoms with Gasteiger partial charge in [-0.2, -0.15) is 0 Å². The van der Waals surface area contributed by atoms with Crippen molar-refractivity contribution in [2.75, 3.05) is 0 Å². The highest BCUT2D eigenvalue weighted by Gasteiger charge is 2.30. The molecule has 0 saturated heterocycles. The van der Waals surface area contributed by atoms with E-state index in [1.54, 1.807) is 0 Å². The van der Waals surface area contributed by atoms with Gasteiger partial charge in [0, 0.05) is 5.92 Å². The van der Waals surface area contributed by atoms with Gasteiger partial charge in [-0.3, -0.25) is 0 Å². The van der Waals surface area contributed by atoms with Crippen LogP contribution in [0.25, 0.3) is 0 Å². The number of terminal acetylenes is 1. The maximum Gasteiger partial charge on any atom is 0.339 e. The Hall–Kier alpha value is -2.96. The van der Waals surface area contributed by atoms with Crippen molar-refractivity contribution >= 4 is 16.9 Å². The standard InChI is InChI=1S/C27H25O2S/c1-2-26(21-11-9-10-12-21)29-27(28)22-17-19-25(20-18-22)30(23-13-5-3-6-14-23)24-15-7-4-8-16-24/h1,3-8,13-21,26H,9-12H2/q+1. The summed E-state index contributed by atoms with van der Waals surface area (Å²) in [5.74, 6) is 2.63. The Balaban J connectivity index is 1.56. The number of ether oxygens (including phenoxy) is 1. The van der Waals surface area contributed by atoms with E-state index in [4.69, 9.17) is 11.2 Å². The summed E-state index contributed by atoms with van der Waals surface area (Å²) in [5.41, 5.74) is 0.543. The highest BCUT2D eigenvalue weighted by molar-refractivity contribution is 7.97. The van der Waals surface area contributed by atoms with E-state index >= 15 is 0 Å². The second kappa shape index (κ2) is 9.69. The minimum Gasteiger partial charge on any atom is -0.445 e. The Labute approximate surface area is 181 Å². The first kappa shape index (κ1) is 20.3. The summed E-state index contributed by atoms with van der Waals surface area (Å²) in [7, 11) is -0.235. The third-order valence-electron chi connectivity index (χ3n) is 5.51. The largest absolute Gasteiger partial charge is 0.445 e. The van der Waals surface area contributed by atoms with Crippen LogP contribution in [-0.2, 0) is 15.6 Å². The fourth-order valence-electron chi connectivity index (χ4n) is 3.96. The number of carbonyl (C=O) groups is 1. The van der Waals surface area contributed by atoms with Crippen LogP contribution in [0.2, 0.25) is 0 Å². The van der Waals surface area contributed by atoms with Gasteiger partial charge in [0.15, 0.2) is 20.8 Å². The number of esters is 1. The molecule has 3 aromatic carbocycles. The van der Waals surface area contributed by atoms with Crippen LogP contribution in [0.1, 0.15) is 36.0 Å². The minimum atomic E-state index is -0.428. The van der Waals surface area contributed by atoms with E-state index in [-0.39, 0.29) is 16.9 Å². The average Bonchev–Trinajstić information content (AvgIpc) is 3.34. The Morgan fingerprint density at radius 3 is 1.83 bits per heavy atom. The Bertz CT molecular complexity index is 961. The van der Waals surface area contributed by atoms with Crippen molar-refractivity contribution in [2.24, 2.45) is 5.92 Å². The Kier molecular flexibility index (Phi) is 6.57. The van der Waals surface area contributed by atoms with Gasteiger partial charge in [0.05, 0.1) is 16.5 Å². The second-order valence-electron chi connectivity index (χ2n) is 7.49. The molecule has 1 fully saturated rings. The molecule has 0 aliphatic heterocycles. The quantitative estimate of drug-likeness (QED) is 0.276. The van der Waals surface area contributed by atoms with E-state index in [2.05, 4.69) is 54.5 Å². The molecule has 0 N–H and O–H groups in total. The highest BCUT2D eigenvalue weighted by Crippen LogP contribution is 2.32. The van der Waals surface area contributed by atoms with Crippen molar-refractivity contribution in [3.05, 3.63) is 90.5 Å². The van der Waals surface area contributed by atoms with E-state index in [0.717, 1.165) is 30.6 Å². The molecule has 2 nitrogen and oxygen atoms in total. The molecule has 0 amide bonds. The van der Waals surface area contributed by atoms with E-state index in [9.17, 15) is 4.79 Å². The second-order valence-corrected chi connectivity index (χ2v) is 9.52. The maximum absolute atomic E-state index is 12.7. The first-order chi connectivity index (χ1) is 14.8. The first-order valence-corrected chi connectivity index (χ1v) is 11.6. The summed E-state index contributed by atoms with van der Waals surface area (Å²) < 4.78 is 5.67. The molecule has 0 spiro atoms. The zero-order valence-electron chi connectivity index (χ0n) is 16.9. The van der Waals surface area contributed by atoms with Crippen LogP contribution in [-0.4, -0.2) is 12.1 Å². The average molecular weight is 414 g/mol. The minimum absolute atomic E-state index is 0.235. The van der Waals surface area contributed by atoms with Crippen LogP contribution < -0.4 is 0 Å². The SMILES string of the molecule is C#CC(OC(=O)c1ccc([S+](c2ccccc2)c2ccccc2)cc1)C1CCCC1. The molecule has 1 aliphatic carbocycles. The molecule has 1 unspecified atom stereocenters. The predicted octanol–water partition coefficient (Wildman–Crippen LogP) is 6.13. The van der Waals surface area contributed by atoms with Crippen LogP contribution in [0.5, 0.6) is 0 Å². The lowest BCUT2D eigenvalue weighted by Crippen LogP contribution is -2.23. The summed E-state index contributed by atoms with van der Waals surface area (Å²) in [6, 6.07) is 28.7. The fourth-order valence-corrected chi connectivity index (χ4v) is 6.04. The smallest absolute Gasteiger partial charge is 0.339 e. The van der Waals surface area contributed by atoms with Gasteiger partial charge < -0.3 is 4.74 Å². The van der Waals surface area contributed by atoms with Gasteiger partial charge in [0.25, 0.3) is 0 Å². The van der Waals surface area contributed by atoms with Gasteiger partial charge in [0.2, 0.25) is 0 Å². The lowest BCUT2D eigenvalue weighted by molar-refractivity contribution is 0.0303. The van der Waals surface area contributed by atoms with E-state index in [1.807, 2.05) is 36.4 Å². The van der Waals surface area contributed by atoms with Gasteiger partial charge in [-0.05, 0) is 61.4 Å². The summed E-state index contributed by atoms with van der Waals surface area (Å²) >= 11 is 0. The number of hydrogen-bond acceptors (Lipinski definition) is 2. The maximum atomic E-state index is 12.7. The number of carbonyl (C=O) groups excluding carboxylic acids is 1. The molecule has 1 atom stereocenters. The van der Waals surface area contributed by atoms with Gasteiger partial charge in [0.1, 0.15) is 0 Å². The molecule has 3 heteroatoms. The van der Waals surface area contributed by atoms with E-state index in [0.29, 0.717) is 11.5 Å². The van der Waals surface area contributed by atoms with Crippen molar-refractivity contribution in [1.29, 1.82) is 0 Å². The summed E-state index contributed by atoms with van der Waals surface area (Å²) in [5, 5.41) is 0. The Morgan fingerprint density at radius 2 is 1.33 bits per heavy atom. The Morgan fingerprint density at radius 1 is 0.833 bits per heavy atom. The molecule has 0 heterocycles. The molecule has 30 heavy (non-hydrogen) atoms. The molecule has 1 aliphatic rings. The van der Waals surface area contributed by atoms with E-state index in [1.165, 1.54) is 9.79 Å². The number of benzene rings is 3. The molecule has 1 saturated carbocycles. The van der Waals surface area contributed by atoms with Crippen LogP contribution >= 0.6 is 0 Å². The lowest BCUT2D eigenvalue weighted by Gasteiger charge is -2.18. The first-order valence-electron chi connectivity index (χ1n) is 10.4. The normalized spacial score (nSPS) is 14.9. The highest BCUT2D eigenvalue weighted by atomic mass is 32.2. The third kappa shape index (κ3) is 4.61. The van der Waals surface area contributed by atoms with Crippen LogP contribution in [0.15, 0.2) is 99.6 Å². The van der Waals surface area contributed by atoms with Crippen LogP contribution in [0.3, 0.4) is 0 Å². The molecule has 0 radical (unpaired) electrons. The van der Waals surface area contributed by atoms with Gasteiger partial charge in [-0.15, -0.1) is 6.42 Å². The third-order valence-corrected chi connectivity index (χ3v) is 7.74. The molecule has 3 aromatic rings. The van der Waals surface area contributed by atoms with Crippen molar-refractivity contribution < 1.29 is 9.53 Å². The zero-order valence-corrected chi connectivity index (χ0v) is 17.7. The molecule has 150 valence electrons. The molecule has 0 aromatic heterocycles. The van der Waals surface area contributed by atoms with Gasteiger partial charge >= 0.3 is 5.97 Å². The monoisotopic (exact) mass is 413 g/mol. The predicted molar refractivity (Wildman–Crippen MR) is 121 cm³/mol. The molecule has 0 bridgehead atoms.